The monoisotopic (exact) mass is 392 g/mol. The molecule has 2 unspecified atom stereocenters. The summed E-state index contributed by atoms with van der Waals surface area (Å²) >= 11 is 0. The number of allylic oxidation sites excluding steroid dienone is 2. The highest BCUT2D eigenvalue weighted by molar-refractivity contribution is 6.11. The van der Waals surface area contributed by atoms with Crippen LogP contribution in [0.1, 0.15) is 90.9 Å². The Bertz CT molecular complexity index is 587. The summed E-state index contributed by atoms with van der Waals surface area (Å²) in [5.41, 5.74) is -0.943. The number of rotatable bonds is 14. The number of carbonyl (C=O) groups excluding carboxylic acids is 4. The minimum Gasteiger partial charge on any atom is -0.302 e. The van der Waals surface area contributed by atoms with Gasteiger partial charge >= 0.3 is 0 Å². The fourth-order valence-corrected chi connectivity index (χ4v) is 4.23. The second-order valence-corrected chi connectivity index (χ2v) is 7.92. The standard InChI is InChI=1S/C22H36N2O4/c1-3-5-7-8-9-10-12-19(27)22(17-25)15-13-18(26)16-21(22,20(28)24-23)14-11-6-4-2/h13,15,17H,3-12,14,16,23H2,1-2H3,(H,24,28). The molecule has 0 radical (unpaired) electrons. The van der Waals surface area contributed by atoms with Gasteiger partial charge in [0.1, 0.15) is 11.7 Å². The van der Waals surface area contributed by atoms with E-state index >= 15 is 0 Å². The molecule has 28 heavy (non-hydrogen) atoms. The Morgan fingerprint density at radius 3 is 2.29 bits per heavy atom. The number of nitrogens with one attached hydrogen (secondary N) is 1. The number of Topliss-reactive ketones (excluding diaryl/α,β-unsaturated/α-hetero) is 1. The van der Waals surface area contributed by atoms with E-state index in [9.17, 15) is 19.2 Å². The third kappa shape index (κ3) is 5.37. The van der Waals surface area contributed by atoms with Gasteiger partial charge in [0.15, 0.2) is 11.6 Å². The molecule has 0 saturated heterocycles. The third-order valence-corrected chi connectivity index (χ3v) is 5.98. The van der Waals surface area contributed by atoms with Crippen LogP contribution in [0.4, 0.5) is 0 Å². The second-order valence-electron chi connectivity index (χ2n) is 7.92. The van der Waals surface area contributed by atoms with Crippen LogP contribution >= 0.6 is 0 Å². The Morgan fingerprint density at radius 2 is 1.68 bits per heavy atom. The average molecular weight is 393 g/mol. The highest BCUT2D eigenvalue weighted by Crippen LogP contribution is 2.50. The number of aldehydes is 1. The molecule has 0 bridgehead atoms. The van der Waals surface area contributed by atoms with Gasteiger partial charge in [-0.2, -0.15) is 0 Å². The van der Waals surface area contributed by atoms with Crippen molar-refractivity contribution in [3.63, 3.8) is 0 Å². The molecule has 6 nitrogen and oxygen atoms in total. The lowest BCUT2D eigenvalue weighted by Gasteiger charge is -2.45. The number of carbonyl (C=O) groups is 4. The molecular weight excluding hydrogens is 356 g/mol. The maximum atomic E-state index is 13.2. The van der Waals surface area contributed by atoms with Crippen molar-refractivity contribution in [1.82, 2.24) is 5.43 Å². The summed E-state index contributed by atoms with van der Waals surface area (Å²) in [6.07, 6.45) is 12.0. The number of hydrogen-bond donors (Lipinski definition) is 2. The molecule has 1 amide bonds. The lowest BCUT2D eigenvalue weighted by molar-refractivity contribution is -0.155. The second kappa shape index (κ2) is 11.9. The molecule has 0 aliphatic heterocycles. The highest BCUT2D eigenvalue weighted by Gasteiger charge is 2.60. The SMILES string of the molecule is CCCCCCCCC(=O)C1(C=O)C=CC(=O)CC1(CCCCC)C(=O)NN. The number of unbranched alkanes of at least 4 members (excludes halogenated alkanes) is 7. The zero-order valence-corrected chi connectivity index (χ0v) is 17.4. The van der Waals surface area contributed by atoms with E-state index in [-0.39, 0.29) is 30.8 Å². The van der Waals surface area contributed by atoms with E-state index in [2.05, 4.69) is 12.3 Å². The Hall–Kier alpha value is -1.82. The van der Waals surface area contributed by atoms with Crippen LogP contribution in [0.25, 0.3) is 0 Å². The molecule has 1 aliphatic rings. The van der Waals surface area contributed by atoms with Gasteiger partial charge in [-0.3, -0.25) is 19.8 Å². The first-order valence-electron chi connectivity index (χ1n) is 10.7. The summed E-state index contributed by atoms with van der Waals surface area (Å²) in [7, 11) is 0. The summed E-state index contributed by atoms with van der Waals surface area (Å²) in [6, 6.07) is 0. The predicted molar refractivity (Wildman–Crippen MR) is 109 cm³/mol. The number of amides is 1. The van der Waals surface area contributed by atoms with Gasteiger partial charge < -0.3 is 4.79 Å². The van der Waals surface area contributed by atoms with Crippen LogP contribution in [0.3, 0.4) is 0 Å². The number of ketones is 2. The van der Waals surface area contributed by atoms with Gasteiger partial charge in [-0.15, -0.1) is 0 Å². The summed E-state index contributed by atoms with van der Waals surface area (Å²) in [4.78, 5) is 50.5. The van der Waals surface area contributed by atoms with Crippen molar-refractivity contribution in [1.29, 1.82) is 0 Å². The fourth-order valence-electron chi connectivity index (χ4n) is 4.23. The van der Waals surface area contributed by atoms with Crippen LogP contribution in [0.2, 0.25) is 0 Å². The number of nitrogens with two attached hydrogens (primary N) is 1. The molecular formula is C22H36N2O4. The molecule has 3 N–H and O–H groups in total. The van der Waals surface area contributed by atoms with Crippen molar-refractivity contribution in [2.24, 2.45) is 16.7 Å². The van der Waals surface area contributed by atoms with E-state index in [0.717, 1.165) is 38.5 Å². The van der Waals surface area contributed by atoms with Crippen molar-refractivity contribution in [3.8, 4) is 0 Å². The van der Waals surface area contributed by atoms with Gasteiger partial charge in [0.05, 0.1) is 5.41 Å². The first-order valence-corrected chi connectivity index (χ1v) is 10.7. The normalized spacial score (nSPS) is 24.2. The molecule has 0 aromatic heterocycles. The maximum absolute atomic E-state index is 13.2. The van der Waals surface area contributed by atoms with Gasteiger partial charge in [-0.25, -0.2) is 5.84 Å². The average Bonchev–Trinajstić information content (AvgIpc) is 2.70. The molecule has 0 saturated carbocycles. The molecule has 0 spiro atoms. The van der Waals surface area contributed by atoms with E-state index in [1.165, 1.54) is 18.6 Å². The van der Waals surface area contributed by atoms with Gasteiger partial charge in [0.2, 0.25) is 5.91 Å². The van der Waals surface area contributed by atoms with Gasteiger partial charge in [-0.1, -0.05) is 71.3 Å². The Morgan fingerprint density at radius 1 is 1.07 bits per heavy atom. The summed E-state index contributed by atoms with van der Waals surface area (Å²) in [5.74, 6) is 4.26. The summed E-state index contributed by atoms with van der Waals surface area (Å²) in [6.45, 7) is 4.17. The molecule has 158 valence electrons. The minimum absolute atomic E-state index is 0.169. The molecule has 6 heteroatoms. The minimum atomic E-state index is -1.62. The maximum Gasteiger partial charge on any atom is 0.242 e. The zero-order chi connectivity index (χ0) is 21.0. The van der Waals surface area contributed by atoms with Crippen LogP contribution in [0.5, 0.6) is 0 Å². The van der Waals surface area contributed by atoms with Gasteiger partial charge in [-0.05, 0) is 18.9 Å². The summed E-state index contributed by atoms with van der Waals surface area (Å²) < 4.78 is 0. The first kappa shape index (κ1) is 24.2. The molecule has 0 aromatic rings. The predicted octanol–water partition coefficient (Wildman–Crippen LogP) is 3.58. The van der Waals surface area contributed by atoms with Crippen LogP contribution < -0.4 is 11.3 Å². The van der Waals surface area contributed by atoms with E-state index in [1.54, 1.807) is 0 Å². The molecule has 0 aromatic carbocycles. The molecule has 1 rings (SSSR count). The van der Waals surface area contributed by atoms with Gasteiger partial charge in [0.25, 0.3) is 0 Å². The van der Waals surface area contributed by atoms with Crippen molar-refractivity contribution in [2.45, 2.75) is 90.9 Å². The third-order valence-electron chi connectivity index (χ3n) is 5.98. The van der Waals surface area contributed by atoms with E-state index < -0.39 is 16.7 Å². The Labute approximate surface area is 168 Å². The van der Waals surface area contributed by atoms with Crippen molar-refractivity contribution < 1.29 is 19.2 Å². The Balaban J connectivity index is 3.10. The van der Waals surface area contributed by atoms with Crippen LogP contribution in [-0.4, -0.2) is 23.8 Å². The van der Waals surface area contributed by atoms with Gasteiger partial charge in [0, 0.05) is 12.8 Å². The quantitative estimate of drug-likeness (QED) is 0.117. The largest absolute Gasteiger partial charge is 0.302 e. The molecule has 0 heterocycles. The topological polar surface area (TPSA) is 106 Å². The summed E-state index contributed by atoms with van der Waals surface area (Å²) in [5, 5.41) is 0. The van der Waals surface area contributed by atoms with Crippen molar-refractivity contribution in [2.75, 3.05) is 0 Å². The van der Waals surface area contributed by atoms with Crippen LogP contribution in [-0.2, 0) is 19.2 Å². The van der Waals surface area contributed by atoms with Crippen molar-refractivity contribution >= 4 is 23.8 Å². The van der Waals surface area contributed by atoms with Crippen LogP contribution in [0, 0.1) is 10.8 Å². The van der Waals surface area contributed by atoms with E-state index in [4.69, 9.17) is 5.84 Å². The smallest absolute Gasteiger partial charge is 0.242 e. The van der Waals surface area contributed by atoms with Crippen LogP contribution in [0.15, 0.2) is 12.2 Å². The molecule has 0 fully saturated rings. The highest BCUT2D eigenvalue weighted by atomic mass is 16.2. The van der Waals surface area contributed by atoms with E-state index in [1.807, 2.05) is 6.92 Å². The van der Waals surface area contributed by atoms with Crippen molar-refractivity contribution in [3.05, 3.63) is 12.2 Å². The molecule has 2 atom stereocenters. The number of hydrogen-bond acceptors (Lipinski definition) is 5. The fraction of sp³-hybridized carbons (Fsp3) is 0.727. The van der Waals surface area contributed by atoms with E-state index in [0.29, 0.717) is 19.1 Å². The molecule has 1 aliphatic carbocycles. The zero-order valence-electron chi connectivity index (χ0n) is 17.4. The number of hydrazine groups is 1. The lowest BCUT2D eigenvalue weighted by atomic mass is 9.54. The Kier molecular flexibility index (Phi) is 10.3. The first-order chi connectivity index (χ1) is 13.4. The lowest BCUT2D eigenvalue weighted by Crippen LogP contribution is -2.59.